The SMILES string of the molecule is Cc1ccc([C@@H](NC(=O)CN2CCOCC2)c2cccnc2)c(C)c1. The van der Waals surface area contributed by atoms with Gasteiger partial charge in [-0.25, -0.2) is 0 Å². The molecule has 132 valence electrons. The van der Waals surface area contributed by atoms with Crippen LogP contribution >= 0.6 is 0 Å². The number of rotatable bonds is 5. The third-order valence-corrected chi connectivity index (χ3v) is 4.53. The van der Waals surface area contributed by atoms with E-state index in [-0.39, 0.29) is 11.9 Å². The van der Waals surface area contributed by atoms with Gasteiger partial charge in [-0.15, -0.1) is 0 Å². The normalized spacial score (nSPS) is 16.4. The van der Waals surface area contributed by atoms with E-state index < -0.39 is 0 Å². The molecular weight excluding hydrogens is 314 g/mol. The number of nitrogens with one attached hydrogen (secondary N) is 1. The lowest BCUT2D eigenvalue weighted by molar-refractivity contribution is -0.123. The summed E-state index contributed by atoms with van der Waals surface area (Å²) in [5.74, 6) is 0.0238. The fraction of sp³-hybridized carbons (Fsp3) is 0.400. The van der Waals surface area contributed by atoms with E-state index in [9.17, 15) is 4.79 Å². The van der Waals surface area contributed by atoms with Crippen molar-refractivity contribution in [3.63, 3.8) is 0 Å². The fourth-order valence-corrected chi connectivity index (χ4v) is 3.21. The smallest absolute Gasteiger partial charge is 0.234 e. The molecule has 5 nitrogen and oxygen atoms in total. The second kappa shape index (κ2) is 8.23. The topological polar surface area (TPSA) is 54.5 Å². The number of aromatic nitrogens is 1. The van der Waals surface area contributed by atoms with E-state index in [4.69, 9.17) is 4.74 Å². The molecule has 0 bridgehead atoms. The first kappa shape index (κ1) is 17.6. The molecule has 1 saturated heterocycles. The van der Waals surface area contributed by atoms with E-state index in [1.54, 1.807) is 6.20 Å². The first-order valence-electron chi connectivity index (χ1n) is 8.70. The number of pyridine rings is 1. The zero-order chi connectivity index (χ0) is 17.6. The van der Waals surface area contributed by atoms with Crippen LogP contribution in [0, 0.1) is 13.8 Å². The minimum Gasteiger partial charge on any atom is -0.379 e. The number of ether oxygens (including phenoxy) is 1. The average molecular weight is 339 g/mol. The molecule has 0 saturated carbocycles. The Kier molecular flexibility index (Phi) is 5.79. The Labute approximate surface area is 149 Å². The Morgan fingerprint density at radius 3 is 2.76 bits per heavy atom. The van der Waals surface area contributed by atoms with Crippen molar-refractivity contribution in [1.29, 1.82) is 0 Å². The maximum atomic E-state index is 12.6. The van der Waals surface area contributed by atoms with Crippen LogP contribution in [0.2, 0.25) is 0 Å². The molecule has 1 aliphatic rings. The predicted molar refractivity (Wildman–Crippen MR) is 97.4 cm³/mol. The van der Waals surface area contributed by atoms with Crippen molar-refractivity contribution in [1.82, 2.24) is 15.2 Å². The van der Waals surface area contributed by atoms with Crippen LogP contribution in [0.4, 0.5) is 0 Å². The van der Waals surface area contributed by atoms with Gasteiger partial charge in [-0.1, -0.05) is 29.8 Å². The van der Waals surface area contributed by atoms with Gasteiger partial charge in [0.05, 0.1) is 25.8 Å². The van der Waals surface area contributed by atoms with Crippen LogP contribution < -0.4 is 5.32 Å². The molecule has 1 amide bonds. The number of aryl methyl sites for hydroxylation is 2. The molecule has 1 N–H and O–H groups in total. The van der Waals surface area contributed by atoms with Crippen molar-refractivity contribution >= 4 is 5.91 Å². The van der Waals surface area contributed by atoms with Crippen LogP contribution in [0.5, 0.6) is 0 Å². The summed E-state index contributed by atoms with van der Waals surface area (Å²) in [6, 6.07) is 10.0. The molecule has 1 aliphatic heterocycles. The van der Waals surface area contributed by atoms with Gasteiger partial charge in [-0.3, -0.25) is 14.7 Å². The Morgan fingerprint density at radius 2 is 2.08 bits per heavy atom. The largest absolute Gasteiger partial charge is 0.379 e. The number of morpholine rings is 1. The van der Waals surface area contributed by atoms with Crippen LogP contribution in [-0.2, 0) is 9.53 Å². The van der Waals surface area contributed by atoms with Gasteiger partial charge in [0.25, 0.3) is 0 Å². The Balaban J connectivity index is 1.80. The van der Waals surface area contributed by atoms with Crippen LogP contribution in [0.25, 0.3) is 0 Å². The molecule has 2 heterocycles. The minimum absolute atomic E-state index is 0.0238. The van der Waals surface area contributed by atoms with Crippen molar-refractivity contribution in [2.75, 3.05) is 32.8 Å². The van der Waals surface area contributed by atoms with Gasteiger partial charge < -0.3 is 10.1 Å². The van der Waals surface area contributed by atoms with Crippen molar-refractivity contribution in [2.45, 2.75) is 19.9 Å². The Bertz CT molecular complexity index is 712. The molecule has 25 heavy (non-hydrogen) atoms. The van der Waals surface area contributed by atoms with Crippen molar-refractivity contribution < 1.29 is 9.53 Å². The highest BCUT2D eigenvalue weighted by Gasteiger charge is 2.21. The molecule has 3 rings (SSSR count). The van der Waals surface area contributed by atoms with Gasteiger partial charge in [-0.05, 0) is 36.6 Å². The highest BCUT2D eigenvalue weighted by Crippen LogP contribution is 2.25. The summed E-state index contributed by atoms with van der Waals surface area (Å²) >= 11 is 0. The zero-order valence-electron chi connectivity index (χ0n) is 14.9. The monoisotopic (exact) mass is 339 g/mol. The molecule has 1 atom stereocenters. The number of carbonyl (C=O) groups excluding carboxylic acids is 1. The second-order valence-electron chi connectivity index (χ2n) is 6.54. The van der Waals surface area contributed by atoms with Crippen LogP contribution in [0.15, 0.2) is 42.7 Å². The Morgan fingerprint density at radius 1 is 1.28 bits per heavy atom. The number of carbonyl (C=O) groups is 1. The third-order valence-electron chi connectivity index (χ3n) is 4.53. The summed E-state index contributed by atoms with van der Waals surface area (Å²) in [6.07, 6.45) is 3.57. The standard InChI is InChI=1S/C20H25N3O2/c1-15-5-6-18(16(2)12-15)20(17-4-3-7-21-13-17)22-19(24)14-23-8-10-25-11-9-23/h3-7,12-13,20H,8-11,14H2,1-2H3,(H,22,24)/t20-/m0/s1. The molecular formula is C20H25N3O2. The quantitative estimate of drug-likeness (QED) is 0.908. The van der Waals surface area contributed by atoms with E-state index in [1.807, 2.05) is 18.3 Å². The van der Waals surface area contributed by atoms with Gasteiger partial charge >= 0.3 is 0 Å². The van der Waals surface area contributed by atoms with Gasteiger partial charge in [0.1, 0.15) is 0 Å². The maximum Gasteiger partial charge on any atom is 0.234 e. The highest BCUT2D eigenvalue weighted by atomic mass is 16.5. The molecule has 1 aromatic heterocycles. The fourth-order valence-electron chi connectivity index (χ4n) is 3.21. The summed E-state index contributed by atoms with van der Waals surface area (Å²) in [4.78, 5) is 19.0. The van der Waals surface area contributed by atoms with E-state index >= 15 is 0 Å². The lowest BCUT2D eigenvalue weighted by Crippen LogP contribution is -2.44. The lowest BCUT2D eigenvalue weighted by Gasteiger charge is -2.27. The van der Waals surface area contributed by atoms with E-state index in [2.05, 4.69) is 47.2 Å². The average Bonchev–Trinajstić information content (AvgIpc) is 2.62. The summed E-state index contributed by atoms with van der Waals surface area (Å²) in [7, 11) is 0. The third kappa shape index (κ3) is 4.65. The summed E-state index contributed by atoms with van der Waals surface area (Å²) in [5, 5.41) is 3.20. The number of amides is 1. The van der Waals surface area contributed by atoms with Gasteiger partial charge in [-0.2, -0.15) is 0 Å². The first-order valence-corrected chi connectivity index (χ1v) is 8.70. The minimum atomic E-state index is -0.192. The van der Waals surface area contributed by atoms with E-state index in [1.165, 1.54) is 11.1 Å². The summed E-state index contributed by atoms with van der Waals surface area (Å²) in [6.45, 7) is 7.54. The lowest BCUT2D eigenvalue weighted by atomic mass is 9.94. The molecule has 0 aliphatic carbocycles. The molecule has 2 aromatic rings. The number of hydrogen-bond donors (Lipinski definition) is 1. The van der Waals surface area contributed by atoms with Crippen molar-refractivity contribution in [2.24, 2.45) is 0 Å². The number of benzene rings is 1. The van der Waals surface area contributed by atoms with Gasteiger partial charge in [0, 0.05) is 25.5 Å². The number of nitrogens with zero attached hydrogens (tertiary/aromatic N) is 2. The van der Waals surface area contributed by atoms with Gasteiger partial charge in [0.15, 0.2) is 0 Å². The predicted octanol–water partition coefficient (Wildman–Crippen LogP) is 2.24. The summed E-state index contributed by atoms with van der Waals surface area (Å²) in [5.41, 5.74) is 4.48. The Hall–Kier alpha value is -2.24. The van der Waals surface area contributed by atoms with E-state index in [0.717, 1.165) is 24.2 Å². The highest BCUT2D eigenvalue weighted by molar-refractivity contribution is 5.79. The molecule has 0 radical (unpaired) electrons. The van der Waals surface area contributed by atoms with Crippen LogP contribution in [0.1, 0.15) is 28.3 Å². The van der Waals surface area contributed by atoms with Crippen molar-refractivity contribution in [3.05, 3.63) is 65.0 Å². The molecule has 5 heteroatoms. The first-order chi connectivity index (χ1) is 12.1. The zero-order valence-corrected chi connectivity index (χ0v) is 14.9. The molecule has 0 unspecified atom stereocenters. The molecule has 1 aromatic carbocycles. The molecule has 1 fully saturated rings. The number of hydrogen-bond acceptors (Lipinski definition) is 4. The van der Waals surface area contributed by atoms with Gasteiger partial charge in [0.2, 0.25) is 5.91 Å². The summed E-state index contributed by atoms with van der Waals surface area (Å²) < 4.78 is 5.35. The second-order valence-corrected chi connectivity index (χ2v) is 6.54. The van der Waals surface area contributed by atoms with Crippen LogP contribution in [0.3, 0.4) is 0 Å². The van der Waals surface area contributed by atoms with Crippen molar-refractivity contribution in [3.8, 4) is 0 Å². The maximum absolute atomic E-state index is 12.6. The van der Waals surface area contributed by atoms with E-state index in [0.29, 0.717) is 19.8 Å². The van der Waals surface area contributed by atoms with Crippen LogP contribution in [-0.4, -0.2) is 48.6 Å². The molecule has 0 spiro atoms.